The first-order chi connectivity index (χ1) is 8.43. The lowest BCUT2D eigenvalue weighted by Crippen LogP contribution is -2.22. The fourth-order valence-electron chi connectivity index (χ4n) is 1.91. The molecule has 1 heterocycles. The monoisotopic (exact) mass is 268 g/mol. The zero-order chi connectivity index (χ0) is 13.6. The van der Waals surface area contributed by atoms with E-state index >= 15 is 0 Å². The van der Waals surface area contributed by atoms with Crippen LogP contribution < -0.4 is 5.73 Å². The summed E-state index contributed by atoms with van der Waals surface area (Å²) < 4.78 is 0. The maximum atomic E-state index is 6.17. The molecule has 0 aliphatic heterocycles. The van der Waals surface area contributed by atoms with Gasteiger partial charge in [-0.3, -0.25) is 0 Å². The van der Waals surface area contributed by atoms with Crippen LogP contribution in [0.25, 0.3) is 0 Å². The second kappa shape index (κ2) is 7.25. The lowest BCUT2D eigenvalue weighted by molar-refractivity contribution is 0.539. The third-order valence-electron chi connectivity index (χ3n) is 3.19. The molecule has 104 valence electrons. The summed E-state index contributed by atoms with van der Waals surface area (Å²) in [7, 11) is 0. The van der Waals surface area contributed by atoms with Gasteiger partial charge in [0.2, 0.25) is 0 Å². The van der Waals surface area contributed by atoms with Crippen LogP contribution >= 0.6 is 11.3 Å². The molecule has 2 N–H and O–H groups in total. The van der Waals surface area contributed by atoms with Crippen molar-refractivity contribution in [1.82, 2.24) is 4.98 Å². The van der Waals surface area contributed by atoms with E-state index in [1.165, 1.54) is 36.4 Å². The number of nitrogens with zero attached hydrogens (tertiary/aromatic N) is 1. The molecule has 1 unspecified atom stereocenters. The van der Waals surface area contributed by atoms with Crippen LogP contribution in [0.4, 0.5) is 0 Å². The third-order valence-corrected chi connectivity index (χ3v) is 4.06. The minimum Gasteiger partial charge on any atom is -0.327 e. The second-order valence-corrected chi connectivity index (χ2v) is 7.13. The molecule has 0 radical (unpaired) electrons. The van der Waals surface area contributed by atoms with Crippen molar-refractivity contribution in [3.8, 4) is 0 Å². The van der Waals surface area contributed by atoms with Crippen LogP contribution in [0.3, 0.4) is 0 Å². The lowest BCUT2D eigenvalue weighted by Gasteiger charge is -2.14. The minimum atomic E-state index is 0.153. The van der Waals surface area contributed by atoms with E-state index in [9.17, 15) is 0 Å². The number of rotatable bonds is 7. The van der Waals surface area contributed by atoms with Crippen molar-refractivity contribution in [2.75, 3.05) is 0 Å². The van der Waals surface area contributed by atoms with Crippen molar-refractivity contribution in [3.63, 3.8) is 0 Å². The fraction of sp³-hybridized carbons (Fsp3) is 0.800. The fourth-order valence-corrected chi connectivity index (χ4v) is 3.02. The topological polar surface area (TPSA) is 38.9 Å². The highest BCUT2D eigenvalue weighted by Gasteiger charge is 2.18. The van der Waals surface area contributed by atoms with Crippen LogP contribution in [0.2, 0.25) is 0 Å². The van der Waals surface area contributed by atoms with Gasteiger partial charge in [0.15, 0.2) is 0 Å². The average Bonchev–Trinajstić information content (AvgIpc) is 2.72. The molecule has 1 aromatic rings. The summed E-state index contributed by atoms with van der Waals surface area (Å²) >= 11 is 1.76. The van der Waals surface area contributed by atoms with Gasteiger partial charge in [-0.2, -0.15) is 0 Å². The molecule has 0 aromatic carbocycles. The van der Waals surface area contributed by atoms with Gasteiger partial charge in [0.25, 0.3) is 0 Å². The van der Waals surface area contributed by atoms with E-state index in [0.717, 1.165) is 12.8 Å². The van der Waals surface area contributed by atoms with Crippen molar-refractivity contribution in [1.29, 1.82) is 0 Å². The zero-order valence-corrected chi connectivity index (χ0v) is 13.1. The number of hydrogen-bond donors (Lipinski definition) is 1. The Hall–Kier alpha value is -0.410. The molecule has 0 spiro atoms. The van der Waals surface area contributed by atoms with Crippen LogP contribution in [0.1, 0.15) is 70.5 Å². The van der Waals surface area contributed by atoms with E-state index < -0.39 is 0 Å². The van der Waals surface area contributed by atoms with Crippen LogP contribution in [0, 0.1) is 0 Å². The maximum Gasteiger partial charge on any atom is 0.0943 e. The number of hydrogen-bond acceptors (Lipinski definition) is 3. The molecule has 18 heavy (non-hydrogen) atoms. The summed E-state index contributed by atoms with van der Waals surface area (Å²) in [6.07, 6.45) is 7.26. The largest absolute Gasteiger partial charge is 0.327 e. The summed E-state index contributed by atoms with van der Waals surface area (Å²) in [6.45, 7) is 8.85. The summed E-state index contributed by atoms with van der Waals surface area (Å²) in [5, 5.41) is 3.38. The van der Waals surface area contributed by atoms with Crippen molar-refractivity contribution in [3.05, 3.63) is 16.1 Å². The van der Waals surface area contributed by atoms with Gasteiger partial charge in [0, 0.05) is 23.3 Å². The third kappa shape index (κ3) is 5.49. The lowest BCUT2D eigenvalue weighted by atomic mass is 9.93. The van der Waals surface area contributed by atoms with E-state index in [2.05, 4.69) is 33.1 Å². The van der Waals surface area contributed by atoms with Gasteiger partial charge in [-0.25, -0.2) is 4.98 Å². The summed E-state index contributed by atoms with van der Waals surface area (Å²) in [4.78, 5) is 4.70. The predicted octanol–water partition coefficient (Wildman–Crippen LogP) is 4.28. The van der Waals surface area contributed by atoms with Gasteiger partial charge < -0.3 is 5.73 Å². The van der Waals surface area contributed by atoms with Gasteiger partial charge in [-0.15, -0.1) is 11.3 Å². The van der Waals surface area contributed by atoms with Crippen LogP contribution in [-0.4, -0.2) is 11.0 Å². The SMILES string of the molecule is CCCCCCC(N)Cc1nc(C(C)(C)C)cs1. The van der Waals surface area contributed by atoms with Crippen LogP contribution in [0.15, 0.2) is 5.38 Å². The average molecular weight is 268 g/mol. The van der Waals surface area contributed by atoms with Gasteiger partial charge in [0.05, 0.1) is 10.7 Å². The van der Waals surface area contributed by atoms with Crippen LogP contribution in [0.5, 0.6) is 0 Å². The Labute approximate surface area is 116 Å². The zero-order valence-electron chi connectivity index (χ0n) is 12.3. The summed E-state index contributed by atoms with van der Waals surface area (Å²) in [6, 6.07) is 0.279. The van der Waals surface area contributed by atoms with Gasteiger partial charge >= 0.3 is 0 Å². The van der Waals surface area contributed by atoms with Crippen LogP contribution in [-0.2, 0) is 11.8 Å². The van der Waals surface area contributed by atoms with Crippen molar-refractivity contribution in [2.45, 2.75) is 77.7 Å². The Kier molecular flexibility index (Phi) is 6.30. The Morgan fingerprint density at radius 3 is 2.56 bits per heavy atom. The molecular formula is C15H28N2S. The maximum absolute atomic E-state index is 6.17. The molecule has 0 aliphatic rings. The smallest absolute Gasteiger partial charge is 0.0943 e. The van der Waals surface area contributed by atoms with E-state index in [4.69, 9.17) is 10.7 Å². The van der Waals surface area contributed by atoms with Gasteiger partial charge in [-0.05, 0) is 6.42 Å². The number of thiazole rings is 1. The van der Waals surface area contributed by atoms with E-state index in [-0.39, 0.29) is 11.5 Å². The summed E-state index contributed by atoms with van der Waals surface area (Å²) in [5.41, 5.74) is 7.52. The molecule has 0 fully saturated rings. The Morgan fingerprint density at radius 1 is 1.28 bits per heavy atom. The van der Waals surface area contributed by atoms with Gasteiger partial charge in [0.1, 0.15) is 0 Å². The van der Waals surface area contributed by atoms with Gasteiger partial charge in [-0.1, -0.05) is 53.4 Å². The molecular weight excluding hydrogens is 240 g/mol. The first-order valence-electron chi connectivity index (χ1n) is 7.14. The van der Waals surface area contributed by atoms with Crippen molar-refractivity contribution in [2.24, 2.45) is 5.73 Å². The van der Waals surface area contributed by atoms with Crippen molar-refractivity contribution >= 4 is 11.3 Å². The standard InChI is InChI=1S/C15H28N2S/c1-5-6-7-8-9-12(16)10-14-17-13(11-18-14)15(2,3)4/h11-12H,5-10,16H2,1-4H3. The molecule has 0 saturated carbocycles. The highest BCUT2D eigenvalue weighted by Crippen LogP contribution is 2.24. The molecule has 1 aromatic heterocycles. The predicted molar refractivity (Wildman–Crippen MR) is 81.3 cm³/mol. The second-order valence-electron chi connectivity index (χ2n) is 6.19. The molecule has 3 heteroatoms. The molecule has 1 atom stereocenters. The molecule has 0 bridgehead atoms. The van der Waals surface area contributed by atoms with E-state index in [1.54, 1.807) is 11.3 Å². The highest BCUT2D eigenvalue weighted by molar-refractivity contribution is 7.09. The number of aromatic nitrogens is 1. The summed E-state index contributed by atoms with van der Waals surface area (Å²) in [5.74, 6) is 0. The van der Waals surface area contributed by atoms with E-state index in [0.29, 0.717) is 0 Å². The Balaban J connectivity index is 2.35. The molecule has 0 aliphatic carbocycles. The van der Waals surface area contributed by atoms with Crippen molar-refractivity contribution < 1.29 is 0 Å². The first-order valence-corrected chi connectivity index (χ1v) is 8.02. The Morgan fingerprint density at radius 2 is 2.00 bits per heavy atom. The number of unbranched alkanes of at least 4 members (excludes halogenated alkanes) is 3. The number of nitrogens with two attached hydrogens (primary N) is 1. The quantitative estimate of drug-likeness (QED) is 0.750. The highest BCUT2D eigenvalue weighted by atomic mass is 32.1. The minimum absolute atomic E-state index is 0.153. The molecule has 2 nitrogen and oxygen atoms in total. The Bertz CT molecular complexity index is 339. The molecule has 1 rings (SSSR count). The first kappa shape index (κ1) is 15.6. The molecule has 0 saturated heterocycles. The normalized spacial score (nSPS) is 13.8. The van der Waals surface area contributed by atoms with E-state index in [1.807, 2.05) is 0 Å². The molecule has 0 amide bonds.